The smallest absolute Gasteiger partial charge is 0.255 e. The molecule has 7 heteroatoms. The maximum absolute atomic E-state index is 10.8. The number of amides is 1. The number of rotatable bonds is 6. The van der Waals surface area contributed by atoms with Crippen molar-refractivity contribution in [1.82, 2.24) is 4.90 Å². The number of benzene rings is 1. The van der Waals surface area contributed by atoms with Crippen LogP contribution in [0.25, 0.3) is 0 Å². The average molecular weight is 328 g/mol. The minimum atomic E-state index is -0.567. The summed E-state index contributed by atoms with van der Waals surface area (Å²) in [4.78, 5) is 13.1. The first-order chi connectivity index (χ1) is 10.4. The summed E-state index contributed by atoms with van der Waals surface area (Å²) in [5.74, 6) is 0.733. The van der Waals surface area contributed by atoms with Crippen LogP contribution < -0.4 is 20.9 Å². The maximum Gasteiger partial charge on any atom is 0.255 e. The van der Waals surface area contributed by atoms with Crippen molar-refractivity contribution >= 4 is 17.5 Å². The lowest BCUT2D eigenvalue weighted by Crippen LogP contribution is -2.28. The van der Waals surface area contributed by atoms with Crippen molar-refractivity contribution in [3.05, 3.63) is 22.7 Å². The Balaban J connectivity index is 2.13. The van der Waals surface area contributed by atoms with Crippen molar-refractivity contribution in [2.75, 3.05) is 26.8 Å². The van der Waals surface area contributed by atoms with Gasteiger partial charge in [0.05, 0.1) is 12.1 Å². The predicted molar refractivity (Wildman–Crippen MR) is 85.1 cm³/mol. The van der Waals surface area contributed by atoms with Gasteiger partial charge in [-0.25, -0.2) is 0 Å². The summed E-state index contributed by atoms with van der Waals surface area (Å²) in [6.07, 6.45) is 0. The van der Waals surface area contributed by atoms with E-state index < -0.39 is 5.91 Å². The molecule has 1 aromatic rings. The number of carbonyl (C=O) groups excluding carboxylic acids is 1. The summed E-state index contributed by atoms with van der Waals surface area (Å²) in [6, 6.07) is 3.88. The second-order valence-corrected chi connectivity index (χ2v) is 6.11. The fourth-order valence-electron chi connectivity index (χ4n) is 2.63. The number of carbonyl (C=O) groups is 1. The van der Waals surface area contributed by atoms with Gasteiger partial charge < -0.3 is 20.9 Å². The summed E-state index contributed by atoms with van der Waals surface area (Å²) in [6.45, 7) is 4.47. The van der Waals surface area contributed by atoms with Crippen molar-refractivity contribution in [2.45, 2.75) is 19.5 Å². The van der Waals surface area contributed by atoms with E-state index in [-0.39, 0.29) is 12.6 Å². The molecule has 0 radical (unpaired) electrons. The largest absolute Gasteiger partial charge is 0.493 e. The Morgan fingerprint density at radius 1 is 1.45 bits per heavy atom. The first kappa shape index (κ1) is 16.9. The molecule has 2 rings (SSSR count). The Labute approximate surface area is 135 Å². The minimum absolute atomic E-state index is 0.204. The number of nitrogens with two attached hydrogens (primary N) is 2. The monoisotopic (exact) mass is 327 g/mol. The van der Waals surface area contributed by atoms with E-state index in [9.17, 15) is 4.79 Å². The highest BCUT2D eigenvalue weighted by molar-refractivity contribution is 6.32. The molecule has 4 N–H and O–H groups in total. The molecule has 1 aliphatic heterocycles. The van der Waals surface area contributed by atoms with E-state index in [0.29, 0.717) is 22.4 Å². The molecule has 2 atom stereocenters. The minimum Gasteiger partial charge on any atom is -0.493 e. The zero-order valence-electron chi connectivity index (χ0n) is 12.8. The summed E-state index contributed by atoms with van der Waals surface area (Å²) in [5.41, 5.74) is 12.1. The predicted octanol–water partition coefficient (Wildman–Crippen LogP) is 0.992. The third-order valence-electron chi connectivity index (χ3n) is 3.80. The van der Waals surface area contributed by atoms with E-state index in [1.165, 1.54) is 7.11 Å². The molecule has 6 nitrogen and oxygen atoms in total. The third kappa shape index (κ3) is 4.03. The van der Waals surface area contributed by atoms with Gasteiger partial charge in [-0.2, -0.15) is 0 Å². The van der Waals surface area contributed by atoms with Gasteiger partial charge in [0.2, 0.25) is 0 Å². The molecule has 0 aromatic heterocycles. The third-order valence-corrected chi connectivity index (χ3v) is 4.08. The summed E-state index contributed by atoms with van der Waals surface area (Å²) in [5, 5.41) is 0.396. The summed E-state index contributed by atoms with van der Waals surface area (Å²) in [7, 11) is 1.53. The normalized spacial score (nSPS) is 21.8. The molecular formula is C15H22ClN3O3. The Bertz CT molecular complexity index is 543. The van der Waals surface area contributed by atoms with E-state index >= 15 is 0 Å². The number of methoxy groups -OCH3 is 1. The van der Waals surface area contributed by atoms with Crippen molar-refractivity contribution in [3.8, 4) is 11.5 Å². The molecule has 0 bridgehead atoms. The molecule has 122 valence electrons. The molecule has 1 amide bonds. The molecular weight excluding hydrogens is 306 g/mol. The summed E-state index contributed by atoms with van der Waals surface area (Å²) < 4.78 is 10.6. The number of hydrogen-bond donors (Lipinski definition) is 2. The molecule has 0 aliphatic carbocycles. The van der Waals surface area contributed by atoms with Crippen LogP contribution in [0.15, 0.2) is 12.1 Å². The van der Waals surface area contributed by atoms with E-state index in [1.807, 2.05) is 12.1 Å². The van der Waals surface area contributed by atoms with Gasteiger partial charge in [-0.3, -0.25) is 9.69 Å². The van der Waals surface area contributed by atoms with Crippen molar-refractivity contribution in [2.24, 2.45) is 17.4 Å². The summed E-state index contributed by atoms with van der Waals surface area (Å²) >= 11 is 6.24. The Morgan fingerprint density at radius 3 is 2.73 bits per heavy atom. The van der Waals surface area contributed by atoms with Crippen LogP contribution in [0.4, 0.5) is 0 Å². The van der Waals surface area contributed by atoms with Gasteiger partial charge in [0.15, 0.2) is 18.1 Å². The highest BCUT2D eigenvalue weighted by Crippen LogP contribution is 2.37. The standard InChI is InChI=1S/C15H22ClN3O3/c1-9-5-19(7-12(9)17)6-10-3-11(16)15(13(4-10)21-2)22-8-14(18)20/h3-4,9,12H,5-8,17H2,1-2H3,(H2,18,20). The second kappa shape index (κ2) is 7.17. The highest BCUT2D eigenvalue weighted by atomic mass is 35.5. The van der Waals surface area contributed by atoms with Gasteiger partial charge in [0.25, 0.3) is 5.91 Å². The zero-order chi connectivity index (χ0) is 16.3. The van der Waals surface area contributed by atoms with Gasteiger partial charge in [-0.15, -0.1) is 0 Å². The van der Waals surface area contributed by atoms with Crippen LogP contribution in [-0.4, -0.2) is 43.7 Å². The lowest BCUT2D eigenvalue weighted by Gasteiger charge is -2.18. The van der Waals surface area contributed by atoms with Crippen molar-refractivity contribution < 1.29 is 14.3 Å². The molecule has 0 saturated carbocycles. The number of nitrogens with zero attached hydrogens (tertiary/aromatic N) is 1. The van der Waals surface area contributed by atoms with Crippen LogP contribution in [0.1, 0.15) is 12.5 Å². The number of hydrogen-bond acceptors (Lipinski definition) is 5. The molecule has 1 saturated heterocycles. The topological polar surface area (TPSA) is 90.8 Å². The van der Waals surface area contributed by atoms with Gasteiger partial charge in [-0.05, 0) is 23.6 Å². The molecule has 1 heterocycles. The van der Waals surface area contributed by atoms with Crippen LogP contribution in [0, 0.1) is 5.92 Å². The number of likely N-dealkylation sites (tertiary alicyclic amines) is 1. The Hall–Kier alpha value is -1.50. The maximum atomic E-state index is 10.8. The quantitative estimate of drug-likeness (QED) is 0.813. The van der Waals surface area contributed by atoms with Gasteiger partial charge in [0.1, 0.15) is 0 Å². The molecule has 2 unspecified atom stereocenters. The fraction of sp³-hybridized carbons (Fsp3) is 0.533. The highest BCUT2D eigenvalue weighted by Gasteiger charge is 2.26. The fourth-order valence-corrected chi connectivity index (χ4v) is 2.92. The van der Waals surface area contributed by atoms with Crippen LogP contribution in [0.5, 0.6) is 11.5 Å². The zero-order valence-corrected chi connectivity index (χ0v) is 13.6. The molecule has 1 aliphatic rings. The van der Waals surface area contributed by atoms with E-state index in [1.54, 1.807) is 0 Å². The van der Waals surface area contributed by atoms with Gasteiger partial charge in [0, 0.05) is 25.7 Å². The second-order valence-electron chi connectivity index (χ2n) is 5.70. The van der Waals surface area contributed by atoms with Gasteiger partial charge in [-0.1, -0.05) is 18.5 Å². The molecule has 1 aromatic carbocycles. The molecule has 0 spiro atoms. The Morgan fingerprint density at radius 2 is 2.18 bits per heavy atom. The number of ether oxygens (including phenoxy) is 2. The van der Waals surface area contributed by atoms with Gasteiger partial charge >= 0.3 is 0 Å². The van der Waals surface area contributed by atoms with E-state index in [4.69, 9.17) is 32.5 Å². The van der Waals surface area contributed by atoms with E-state index in [0.717, 1.165) is 25.2 Å². The number of halogens is 1. The molecule has 22 heavy (non-hydrogen) atoms. The van der Waals surface area contributed by atoms with Crippen molar-refractivity contribution in [3.63, 3.8) is 0 Å². The Kier molecular flexibility index (Phi) is 5.50. The number of primary amides is 1. The van der Waals surface area contributed by atoms with E-state index in [2.05, 4.69) is 11.8 Å². The lowest BCUT2D eigenvalue weighted by molar-refractivity contribution is -0.119. The van der Waals surface area contributed by atoms with Crippen molar-refractivity contribution in [1.29, 1.82) is 0 Å². The van der Waals surface area contributed by atoms with Crippen LogP contribution >= 0.6 is 11.6 Å². The molecule has 1 fully saturated rings. The van der Waals surface area contributed by atoms with Crippen LogP contribution in [0.3, 0.4) is 0 Å². The SMILES string of the molecule is COc1cc(CN2CC(C)C(N)C2)cc(Cl)c1OCC(N)=O. The van der Waals surface area contributed by atoms with Crippen LogP contribution in [-0.2, 0) is 11.3 Å². The first-order valence-electron chi connectivity index (χ1n) is 7.16. The average Bonchev–Trinajstić information content (AvgIpc) is 2.75. The first-order valence-corrected chi connectivity index (χ1v) is 7.54. The van der Waals surface area contributed by atoms with Crippen LogP contribution in [0.2, 0.25) is 5.02 Å². The lowest BCUT2D eigenvalue weighted by atomic mass is 10.1.